The predicted octanol–water partition coefficient (Wildman–Crippen LogP) is 4.26. The maximum atomic E-state index is 12.9. The molecule has 7 heteroatoms. The molecule has 1 aliphatic carbocycles. The first kappa shape index (κ1) is 17.8. The average Bonchev–Trinajstić information content (AvgIpc) is 2.87. The number of allylic oxidation sites excluding steroid dienone is 1. The topological polar surface area (TPSA) is 42.4 Å². The minimum absolute atomic E-state index is 0.0825. The second-order valence-electron chi connectivity index (χ2n) is 6.89. The van der Waals surface area contributed by atoms with Crippen molar-refractivity contribution in [1.82, 2.24) is 4.98 Å². The molecule has 1 amide bonds. The lowest BCUT2D eigenvalue weighted by Gasteiger charge is -2.32. The molecule has 0 bridgehead atoms. The fourth-order valence-electron chi connectivity index (χ4n) is 3.46. The van der Waals surface area contributed by atoms with Crippen LogP contribution < -0.4 is 9.64 Å². The van der Waals surface area contributed by atoms with Crippen LogP contribution in [0.2, 0.25) is 0 Å². The number of rotatable bonds is 3. The number of carbonyl (C=O) groups excluding carboxylic acids is 1. The number of alkyl halides is 3. The Balaban J connectivity index is 1.69. The van der Waals surface area contributed by atoms with E-state index in [4.69, 9.17) is 4.74 Å². The van der Waals surface area contributed by atoms with Crippen molar-refractivity contribution >= 4 is 11.6 Å². The first-order valence-corrected chi connectivity index (χ1v) is 8.39. The summed E-state index contributed by atoms with van der Waals surface area (Å²) < 4.78 is 42.4. The minimum Gasteiger partial charge on any atom is -0.465 e. The molecule has 1 spiro atoms. The van der Waals surface area contributed by atoms with Crippen LogP contribution in [0, 0.1) is 5.41 Å². The zero-order chi connectivity index (χ0) is 18.2. The van der Waals surface area contributed by atoms with E-state index in [2.05, 4.69) is 11.6 Å². The van der Waals surface area contributed by atoms with E-state index < -0.39 is 12.3 Å². The lowest BCUT2D eigenvalue weighted by Crippen LogP contribution is -2.36. The highest BCUT2D eigenvalue weighted by atomic mass is 19.4. The summed E-state index contributed by atoms with van der Waals surface area (Å²) in [5.41, 5.74) is 1.47. The van der Waals surface area contributed by atoms with Gasteiger partial charge in [-0.25, -0.2) is 4.98 Å². The Labute approximate surface area is 144 Å². The van der Waals surface area contributed by atoms with E-state index in [1.165, 1.54) is 17.8 Å². The Morgan fingerprint density at radius 3 is 2.52 bits per heavy atom. The van der Waals surface area contributed by atoms with Crippen LogP contribution in [-0.2, 0) is 4.79 Å². The van der Waals surface area contributed by atoms with Crippen LogP contribution in [0.15, 0.2) is 30.5 Å². The lowest BCUT2D eigenvalue weighted by molar-refractivity contribution is -0.189. The standard InChI is InChI=1S/C18H21F3N2O2/c1-12-5-7-17(8-6-12)9-10-23(16(17)24)14-3-4-15(22-11-14)25-13(2)18(19,20)21/h3-4,11,13H,1,5-10H2,2H3/t13-/m1/s1. The number of anilines is 1. The van der Waals surface area contributed by atoms with Gasteiger partial charge < -0.3 is 9.64 Å². The summed E-state index contributed by atoms with van der Waals surface area (Å²) in [5, 5.41) is 0. The molecule has 2 aliphatic rings. The molecule has 136 valence electrons. The van der Waals surface area contributed by atoms with E-state index in [0.29, 0.717) is 12.2 Å². The molecule has 2 heterocycles. The van der Waals surface area contributed by atoms with Crippen molar-refractivity contribution in [2.45, 2.75) is 51.3 Å². The Hall–Kier alpha value is -2.05. The summed E-state index contributed by atoms with van der Waals surface area (Å²) in [5.74, 6) is -0.0250. The van der Waals surface area contributed by atoms with Crippen LogP contribution in [0.3, 0.4) is 0 Å². The highest BCUT2D eigenvalue weighted by Gasteiger charge is 2.47. The quantitative estimate of drug-likeness (QED) is 0.762. The van der Waals surface area contributed by atoms with Gasteiger partial charge in [-0.1, -0.05) is 12.2 Å². The Bertz CT molecular complexity index is 660. The molecule has 1 saturated heterocycles. The molecule has 1 aliphatic heterocycles. The van der Waals surface area contributed by atoms with Gasteiger partial charge in [0.2, 0.25) is 11.8 Å². The molecule has 1 atom stereocenters. The minimum atomic E-state index is -4.44. The summed E-state index contributed by atoms with van der Waals surface area (Å²) in [7, 11) is 0. The van der Waals surface area contributed by atoms with Crippen molar-refractivity contribution in [1.29, 1.82) is 0 Å². The maximum Gasteiger partial charge on any atom is 0.425 e. The SMILES string of the molecule is C=C1CCC2(CC1)CCN(c1ccc(O[C@H](C)C(F)(F)F)nc1)C2=O. The fourth-order valence-corrected chi connectivity index (χ4v) is 3.46. The molecule has 1 aromatic heterocycles. The highest BCUT2D eigenvalue weighted by Crippen LogP contribution is 2.47. The Kier molecular flexibility index (Phi) is 4.51. The molecule has 25 heavy (non-hydrogen) atoms. The van der Waals surface area contributed by atoms with Crippen LogP contribution in [0.4, 0.5) is 18.9 Å². The summed E-state index contributed by atoms with van der Waals surface area (Å²) in [4.78, 5) is 18.5. The second kappa shape index (κ2) is 6.35. The molecular weight excluding hydrogens is 333 g/mol. The summed E-state index contributed by atoms with van der Waals surface area (Å²) >= 11 is 0. The number of nitrogens with zero attached hydrogens (tertiary/aromatic N) is 2. The molecule has 0 radical (unpaired) electrons. The van der Waals surface area contributed by atoms with Crippen molar-refractivity contribution in [3.8, 4) is 5.88 Å². The number of hydrogen-bond acceptors (Lipinski definition) is 3. The first-order valence-electron chi connectivity index (χ1n) is 8.39. The summed E-state index contributed by atoms with van der Waals surface area (Å²) in [6.45, 7) is 5.53. The molecule has 1 saturated carbocycles. The van der Waals surface area contributed by atoms with E-state index in [1.807, 2.05) is 0 Å². The number of halogens is 3. The normalized spacial score (nSPS) is 21.7. The van der Waals surface area contributed by atoms with E-state index in [1.54, 1.807) is 11.0 Å². The molecule has 0 aromatic carbocycles. The Morgan fingerprint density at radius 2 is 1.96 bits per heavy atom. The van der Waals surface area contributed by atoms with Gasteiger partial charge in [-0.2, -0.15) is 13.2 Å². The summed E-state index contributed by atoms with van der Waals surface area (Å²) in [6, 6.07) is 2.96. The fraction of sp³-hybridized carbons (Fsp3) is 0.556. The molecule has 0 unspecified atom stereocenters. The van der Waals surface area contributed by atoms with Gasteiger partial charge in [0.05, 0.1) is 17.3 Å². The van der Waals surface area contributed by atoms with Crippen molar-refractivity contribution in [3.63, 3.8) is 0 Å². The van der Waals surface area contributed by atoms with E-state index in [9.17, 15) is 18.0 Å². The third-order valence-corrected chi connectivity index (χ3v) is 5.22. The van der Waals surface area contributed by atoms with Crippen molar-refractivity contribution in [3.05, 3.63) is 30.5 Å². The number of amides is 1. The van der Waals surface area contributed by atoms with Crippen molar-refractivity contribution in [2.24, 2.45) is 5.41 Å². The number of hydrogen-bond donors (Lipinski definition) is 0. The van der Waals surface area contributed by atoms with Gasteiger partial charge in [-0.05, 0) is 45.1 Å². The third-order valence-electron chi connectivity index (χ3n) is 5.22. The van der Waals surface area contributed by atoms with Gasteiger partial charge in [0, 0.05) is 12.6 Å². The maximum absolute atomic E-state index is 12.9. The first-order chi connectivity index (χ1) is 11.7. The van der Waals surface area contributed by atoms with Gasteiger partial charge in [0.15, 0.2) is 6.10 Å². The molecule has 4 nitrogen and oxygen atoms in total. The molecule has 3 rings (SSSR count). The largest absolute Gasteiger partial charge is 0.465 e. The molecule has 1 aromatic rings. The highest BCUT2D eigenvalue weighted by molar-refractivity contribution is 5.99. The zero-order valence-electron chi connectivity index (χ0n) is 14.1. The van der Waals surface area contributed by atoms with Crippen molar-refractivity contribution < 1.29 is 22.7 Å². The second-order valence-corrected chi connectivity index (χ2v) is 6.89. The van der Waals surface area contributed by atoms with Crippen LogP contribution in [0.25, 0.3) is 0 Å². The summed E-state index contributed by atoms with van der Waals surface area (Å²) in [6.07, 6.45) is -0.794. The van der Waals surface area contributed by atoms with Gasteiger partial charge >= 0.3 is 6.18 Å². The number of ether oxygens (including phenoxy) is 1. The van der Waals surface area contributed by atoms with Crippen LogP contribution in [0.5, 0.6) is 5.88 Å². The van der Waals surface area contributed by atoms with Crippen molar-refractivity contribution in [2.75, 3.05) is 11.4 Å². The predicted molar refractivity (Wildman–Crippen MR) is 87.4 cm³/mol. The molecular formula is C18H21F3N2O2. The van der Waals surface area contributed by atoms with Gasteiger partial charge in [-0.15, -0.1) is 0 Å². The van der Waals surface area contributed by atoms with E-state index in [0.717, 1.165) is 39.0 Å². The number of pyridine rings is 1. The molecule has 0 N–H and O–H groups in total. The number of carbonyl (C=O) groups is 1. The van der Waals surface area contributed by atoms with Crippen LogP contribution >= 0.6 is 0 Å². The monoisotopic (exact) mass is 354 g/mol. The Morgan fingerprint density at radius 1 is 1.28 bits per heavy atom. The van der Waals surface area contributed by atoms with Gasteiger partial charge in [0.25, 0.3) is 0 Å². The van der Waals surface area contributed by atoms with Gasteiger partial charge in [0.1, 0.15) is 0 Å². The van der Waals surface area contributed by atoms with Gasteiger partial charge in [-0.3, -0.25) is 4.79 Å². The van der Waals surface area contributed by atoms with E-state index >= 15 is 0 Å². The van der Waals surface area contributed by atoms with Crippen LogP contribution in [0.1, 0.15) is 39.0 Å². The smallest absolute Gasteiger partial charge is 0.425 e. The third kappa shape index (κ3) is 3.50. The lowest BCUT2D eigenvalue weighted by atomic mass is 9.72. The zero-order valence-corrected chi connectivity index (χ0v) is 14.1. The molecule has 2 fully saturated rings. The number of aromatic nitrogens is 1. The average molecular weight is 354 g/mol. The van der Waals surface area contributed by atoms with Crippen LogP contribution in [-0.4, -0.2) is 29.7 Å². The van der Waals surface area contributed by atoms with E-state index in [-0.39, 0.29) is 17.2 Å².